The van der Waals surface area contributed by atoms with Crippen LogP contribution in [0, 0.1) is 5.92 Å². The molecule has 0 aliphatic carbocycles. The first-order chi connectivity index (χ1) is 15.9. The summed E-state index contributed by atoms with van der Waals surface area (Å²) >= 11 is 5.89. The number of alkyl halides is 3. The van der Waals surface area contributed by atoms with E-state index in [2.05, 4.69) is 4.72 Å². The van der Waals surface area contributed by atoms with Crippen LogP contribution in [-0.2, 0) is 25.7 Å². The number of carbonyl (C=O) groups is 2. The molecule has 1 fully saturated rings. The average molecular weight is 519 g/mol. The minimum atomic E-state index is -4.69. The zero-order valence-corrected chi connectivity index (χ0v) is 19.6. The first-order valence-corrected chi connectivity index (χ1v) is 12.2. The van der Waals surface area contributed by atoms with Gasteiger partial charge in [0.2, 0.25) is 0 Å². The van der Waals surface area contributed by atoms with Crippen LogP contribution in [0.25, 0.3) is 0 Å². The number of hydrogen-bond acceptors (Lipinski definition) is 5. The summed E-state index contributed by atoms with van der Waals surface area (Å²) in [6.07, 6.45) is -3.52. The van der Waals surface area contributed by atoms with E-state index in [9.17, 15) is 31.2 Å². The van der Waals surface area contributed by atoms with Gasteiger partial charge in [-0.2, -0.15) is 13.2 Å². The van der Waals surface area contributed by atoms with E-state index in [-0.39, 0.29) is 28.6 Å². The van der Waals surface area contributed by atoms with Crippen LogP contribution in [0.15, 0.2) is 47.4 Å². The number of ether oxygens (including phenoxy) is 1. The van der Waals surface area contributed by atoms with Crippen molar-refractivity contribution in [3.05, 3.63) is 58.6 Å². The molecule has 2 aromatic rings. The lowest BCUT2D eigenvalue weighted by Gasteiger charge is -2.31. The third kappa shape index (κ3) is 6.01. The summed E-state index contributed by atoms with van der Waals surface area (Å²) in [6.45, 7) is 2.46. The van der Waals surface area contributed by atoms with E-state index in [4.69, 9.17) is 16.3 Å². The first-order valence-electron chi connectivity index (χ1n) is 10.4. The van der Waals surface area contributed by atoms with Crippen molar-refractivity contribution in [1.29, 1.82) is 0 Å². The predicted molar refractivity (Wildman–Crippen MR) is 119 cm³/mol. The summed E-state index contributed by atoms with van der Waals surface area (Å²) in [4.78, 5) is 26.2. The smallest absolute Gasteiger partial charge is 0.416 e. The van der Waals surface area contributed by atoms with Crippen molar-refractivity contribution in [3.63, 3.8) is 0 Å². The largest absolute Gasteiger partial charge is 0.466 e. The monoisotopic (exact) mass is 518 g/mol. The van der Waals surface area contributed by atoms with Crippen molar-refractivity contribution in [3.8, 4) is 0 Å². The Morgan fingerprint density at radius 3 is 2.62 bits per heavy atom. The summed E-state index contributed by atoms with van der Waals surface area (Å²) in [7, 11) is -4.36. The van der Waals surface area contributed by atoms with Crippen LogP contribution in [0.3, 0.4) is 0 Å². The molecule has 1 heterocycles. The molecule has 0 saturated carbocycles. The van der Waals surface area contributed by atoms with Crippen molar-refractivity contribution in [2.75, 3.05) is 24.4 Å². The fourth-order valence-corrected chi connectivity index (χ4v) is 4.91. The number of likely N-dealkylation sites (tertiary alicyclic amines) is 1. The normalized spacial score (nSPS) is 16.7. The Morgan fingerprint density at radius 2 is 1.94 bits per heavy atom. The molecule has 0 bridgehead atoms. The van der Waals surface area contributed by atoms with Gasteiger partial charge in [0.05, 0.1) is 33.7 Å². The summed E-state index contributed by atoms with van der Waals surface area (Å²) in [6, 6.07) is 7.38. The average Bonchev–Trinajstić information content (AvgIpc) is 2.79. The number of halogens is 4. The van der Waals surface area contributed by atoms with Gasteiger partial charge in [-0.25, -0.2) is 8.42 Å². The zero-order valence-electron chi connectivity index (χ0n) is 18.1. The van der Waals surface area contributed by atoms with Gasteiger partial charge in [-0.15, -0.1) is 0 Å². The molecule has 1 N–H and O–H groups in total. The molecule has 12 heteroatoms. The van der Waals surface area contributed by atoms with E-state index in [1.165, 1.54) is 23.1 Å². The molecule has 7 nitrogen and oxygen atoms in total. The number of nitrogens with one attached hydrogen (secondary N) is 1. The Kier molecular flexibility index (Phi) is 7.77. The fraction of sp³-hybridized carbons (Fsp3) is 0.364. The Hall–Kier alpha value is -2.79. The number of anilines is 1. The lowest BCUT2D eigenvalue weighted by Crippen LogP contribution is -2.42. The van der Waals surface area contributed by atoms with E-state index < -0.39 is 45.2 Å². The van der Waals surface area contributed by atoms with Gasteiger partial charge >= 0.3 is 12.1 Å². The lowest BCUT2D eigenvalue weighted by molar-refractivity contribution is -0.149. The van der Waals surface area contributed by atoms with Crippen molar-refractivity contribution in [2.24, 2.45) is 5.92 Å². The highest BCUT2D eigenvalue weighted by atomic mass is 35.5. The molecule has 1 saturated heterocycles. The van der Waals surface area contributed by atoms with Gasteiger partial charge in [-0.05, 0) is 56.2 Å². The highest BCUT2D eigenvalue weighted by Crippen LogP contribution is 2.34. The molecule has 0 radical (unpaired) electrons. The number of piperidine rings is 1. The molecular formula is C22H22ClF3N2O5S. The molecule has 1 aliphatic heterocycles. The molecule has 34 heavy (non-hydrogen) atoms. The number of nitrogens with zero attached hydrogens (tertiary/aromatic N) is 1. The van der Waals surface area contributed by atoms with E-state index >= 15 is 0 Å². The Balaban J connectivity index is 1.82. The van der Waals surface area contributed by atoms with Crippen LogP contribution in [0.2, 0.25) is 5.02 Å². The summed E-state index contributed by atoms with van der Waals surface area (Å²) in [5.41, 5.74) is -1.45. The van der Waals surface area contributed by atoms with Gasteiger partial charge in [-0.3, -0.25) is 14.3 Å². The Morgan fingerprint density at radius 1 is 1.21 bits per heavy atom. The lowest BCUT2D eigenvalue weighted by atomic mass is 9.97. The number of sulfonamides is 1. The molecule has 0 spiro atoms. The minimum absolute atomic E-state index is 0.0579. The standard InChI is InChI=1S/C22H22ClF3N2O5S/c1-2-33-21(30)15-6-4-10-28(13-15)20(29)14-5-3-7-17(11-14)34(31,32)27-19-12-16(22(24,25)26)8-9-18(19)23/h3,5,7-9,11-12,15,27H,2,4,6,10,13H2,1H3/t15-/m1/s1. The zero-order chi connectivity index (χ0) is 25.1. The number of esters is 1. The van der Waals surface area contributed by atoms with Crippen molar-refractivity contribution < 1.29 is 35.9 Å². The Bertz CT molecular complexity index is 1190. The van der Waals surface area contributed by atoms with Gasteiger partial charge < -0.3 is 9.64 Å². The van der Waals surface area contributed by atoms with Gasteiger partial charge in [-0.1, -0.05) is 17.7 Å². The molecule has 1 amide bonds. The van der Waals surface area contributed by atoms with E-state index in [0.29, 0.717) is 25.5 Å². The third-order valence-corrected chi connectivity index (χ3v) is 6.95. The van der Waals surface area contributed by atoms with Crippen LogP contribution in [0.5, 0.6) is 0 Å². The van der Waals surface area contributed by atoms with Gasteiger partial charge in [0.1, 0.15) is 0 Å². The molecule has 3 rings (SSSR count). The third-order valence-electron chi connectivity index (χ3n) is 5.26. The number of carbonyl (C=O) groups excluding carboxylic acids is 2. The summed E-state index contributed by atoms with van der Waals surface area (Å²) in [5.74, 6) is -1.32. The second-order valence-electron chi connectivity index (χ2n) is 7.67. The van der Waals surface area contributed by atoms with Gasteiger partial charge in [0.15, 0.2) is 0 Å². The predicted octanol–water partition coefficient (Wildman–Crippen LogP) is 4.57. The number of benzene rings is 2. The van der Waals surface area contributed by atoms with Crippen molar-refractivity contribution in [1.82, 2.24) is 4.90 Å². The van der Waals surface area contributed by atoms with Gasteiger partial charge in [0.25, 0.3) is 15.9 Å². The van der Waals surface area contributed by atoms with E-state index in [1.807, 2.05) is 0 Å². The van der Waals surface area contributed by atoms with E-state index in [0.717, 1.165) is 18.2 Å². The molecule has 0 unspecified atom stereocenters. The highest BCUT2D eigenvalue weighted by Gasteiger charge is 2.32. The van der Waals surface area contributed by atoms with Crippen molar-refractivity contribution in [2.45, 2.75) is 30.8 Å². The van der Waals surface area contributed by atoms with Gasteiger partial charge in [0, 0.05) is 18.7 Å². The highest BCUT2D eigenvalue weighted by molar-refractivity contribution is 7.92. The molecule has 2 aromatic carbocycles. The number of rotatable bonds is 6. The van der Waals surface area contributed by atoms with Crippen LogP contribution >= 0.6 is 11.6 Å². The SMILES string of the molecule is CCOC(=O)[C@@H]1CCCN(C(=O)c2cccc(S(=O)(=O)Nc3cc(C(F)(F)F)ccc3Cl)c2)C1. The van der Waals surface area contributed by atoms with E-state index in [1.54, 1.807) is 6.92 Å². The second kappa shape index (κ2) is 10.2. The molecule has 1 atom stereocenters. The molecule has 1 aliphatic rings. The maximum Gasteiger partial charge on any atom is 0.416 e. The topological polar surface area (TPSA) is 92.8 Å². The molecule has 0 aromatic heterocycles. The number of hydrogen-bond donors (Lipinski definition) is 1. The second-order valence-corrected chi connectivity index (χ2v) is 9.76. The van der Waals surface area contributed by atoms with Crippen molar-refractivity contribution >= 4 is 39.2 Å². The number of amides is 1. The van der Waals surface area contributed by atoms with Crippen LogP contribution in [0.4, 0.5) is 18.9 Å². The summed E-state index contributed by atoms with van der Waals surface area (Å²) < 4.78 is 71.8. The fourth-order valence-electron chi connectivity index (χ4n) is 3.58. The summed E-state index contributed by atoms with van der Waals surface area (Å²) in [5, 5.41) is -0.220. The Labute approximate surface area is 199 Å². The van der Waals surface area contributed by atoms with Crippen LogP contribution in [0.1, 0.15) is 35.7 Å². The minimum Gasteiger partial charge on any atom is -0.466 e. The maximum absolute atomic E-state index is 13.0. The maximum atomic E-state index is 13.0. The quantitative estimate of drug-likeness (QED) is 0.565. The molecular weight excluding hydrogens is 497 g/mol. The van der Waals surface area contributed by atoms with Crippen LogP contribution in [-0.4, -0.2) is 44.9 Å². The first kappa shape index (κ1) is 25.8. The molecule has 184 valence electrons. The van der Waals surface area contributed by atoms with Crippen LogP contribution < -0.4 is 4.72 Å².